The molecule has 0 bridgehead atoms. The van der Waals surface area contributed by atoms with Gasteiger partial charge in [0.2, 0.25) is 0 Å². The highest BCUT2D eigenvalue weighted by Crippen LogP contribution is 2.85. The Hall–Kier alpha value is -0.360. The van der Waals surface area contributed by atoms with Gasteiger partial charge in [0.05, 0.1) is 17.6 Å². The number of hydrogen-bond donors (Lipinski definition) is 5. The van der Waals surface area contributed by atoms with E-state index in [-0.39, 0.29) is 17.8 Å². The molecule has 9 nitrogen and oxygen atoms in total. The van der Waals surface area contributed by atoms with Crippen LogP contribution in [0.1, 0.15) is 40.5 Å². The SMILES string of the molecule is C[C@@H]1C(O)OC2CC34C5CC(C(C)(C)C)C36[C@@H](O[C@H](O)[C@@H]6O)O[C@@]4(C(O)O5)[C@]21O. The molecule has 0 aromatic rings. The van der Waals surface area contributed by atoms with Crippen LogP contribution in [0.3, 0.4) is 0 Å². The van der Waals surface area contributed by atoms with Crippen molar-refractivity contribution in [2.75, 3.05) is 0 Å². The van der Waals surface area contributed by atoms with Crippen LogP contribution < -0.4 is 0 Å². The van der Waals surface area contributed by atoms with Gasteiger partial charge in [0.25, 0.3) is 0 Å². The molecule has 4 saturated heterocycles. The third-order valence-corrected chi connectivity index (χ3v) is 9.42. The summed E-state index contributed by atoms with van der Waals surface area (Å²) in [6, 6.07) is 0. The van der Waals surface area contributed by atoms with Crippen molar-refractivity contribution in [3.63, 3.8) is 0 Å². The largest absolute Gasteiger partial charge is 0.387 e. The molecule has 0 aromatic heterocycles. The molecule has 0 amide bonds. The van der Waals surface area contributed by atoms with E-state index in [4.69, 9.17) is 18.9 Å². The van der Waals surface area contributed by atoms with E-state index in [0.29, 0.717) is 6.42 Å². The van der Waals surface area contributed by atoms with Crippen LogP contribution in [0.15, 0.2) is 0 Å². The summed E-state index contributed by atoms with van der Waals surface area (Å²) in [7, 11) is 0. The van der Waals surface area contributed by atoms with Gasteiger partial charge in [-0.3, -0.25) is 0 Å². The molecule has 5 N–H and O–H groups in total. The smallest absolute Gasteiger partial charge is 0.188 e. The number of ether oxygens (including phenoxy) is 4. The summed E-state index contributed by atoms with van der Waals surface area (Å²) < 4.78 is 23.9. The summed E-state index contributed by atoms with van der Waals surface area (Å²) in [5.74, 6) is -0.926. The molecule has 13 atom stereocenters. The Labute approximate surface area is 168 Å². The van der Waals surface area contributed by atoms with Gasteiger partial charge in [0, 0.05) is 11.3 Å². The summed E-state index contributed by atoms with van der Waals surface area (Å²) in [5, 5.41) is 55.3. The predicted octanol–water partition coefficient (Wildman–Crippen LogP) is -0.965. The second-order valence-corrected chi connectivity index (χ2v) is 11.0. The van der Waals surface area contributed by atoms with Crippen LogP contribution in [0, 0.1) is 28.1 Å². The molecule has 0 aromatic carbocycles. The summed E-state index contributed by atoms with van der Waals surface area (Å²) in [6.07, 6.45) is -6.98. The van der Waals surface area contributed by atoms with Crippen LogP contribution >= 0.6 is 0 Å². The van der Waals surface area contributed by atoms with Gasteiger partial charge in [-0.1, -0.05) is 27.7 Å². The molecule has 2 saturated carbocycles. The number of hydrogen-bond acceptors (Lipinski definition) is 9. The fourth-order valence-electron chi connectivity index (χ4n) is 8.55. The lowest BCUT2D eigenvalue weighted by Crippen LogP contribution is -2.67. The Bertz CT molecular complexity index is 770. The second kappa shape index (κ2) is 5.00. The molecule has 6 fully saturated rings. The molecule has 164 valence electrons. The molecule has 4 heterocycles. The van der Waals surface area contributed by atoms with Crippen molar-refractivity contribution in [1.29, 1.82) is 0 Å². The second-order valence-electron chi connectivity index (χ2n) is 11.0. The molecule has 4 aliphatic heterocycles. The fourth-order valence-corrected chi connectivity index (χ4v) is 8.55. The van der Waals surface area contributed by atoms with E-state index < -0.39 is 71.4 Å². The molecule has 7 unspecified atom stereocenters. The van der Waals surface area contributed by atoms with E-state index in [2.05, 4.69) is 20.8 Å². The average molecular weight is 414 g/mol. The minimum absolute atomic E-state index is 0.172. The van der Waals surface area contributed by atoms with Crippen molar-refractivity contribution < 1.29 is 44.5 Å². The zero-order valence-electron chi connectivity index (χ0n) is 17.0. The van der Waals surface area contributed by atoms with Gasteiger partial charge in [-0.2, -0.15) is 0 Å². The lowest BCUT2D eigenvalue weighted by atomic mass is 9.51. The molecular weight excluding hydrogens is 384 g/mol. The minimum atomic E-state index is -1.74. The van der Waals surface area contributed by atoms with Crippen molar-refractivity contribution in [2.45, 2.75) is 95.2 Å². The molecule has 6 aliphatic rings. The third-order valence-electron chi connectivity index (χ3n) is 9.42. The Morgan fingerprint density at radius 3 is 2.28 bits per heavy atom. The first kappa shape index (κ1) is 19.3. The Kier molecular flexibility index (Phi) is 3.33. The Morgan fingerprint density at radius 1 is 0.931 bits per heavy atom. The summed E-state index contributed by atoms with van der Waals surface area (Å²) in [4.78, 5) is 0. The van der Waals surface area contributed by atoms with Crippen molar-refractivity contribution in [1.82, 2.24) is 0 Å². The molecule has 9 heteroatoms. The van der Waals surface area contributed by atoms with Gasteiger partial charge < -0.3 is 44.5 Å². The highest BCUT2D eigenvalue weighted by molar-refractivity contribution is 5.42. The van der Waals surface area contributed by atoms with E-state index in [0.717, 1.165) is 0 Å². The topological polar surface area (TPSA) is 138 Å². The van der Waals surface area contributed by atoms with Crippen molar-refractivity contribution in [3.05, 3.63) is 0 Å². The maximum Gasteiger partial charge on any atom is 0.188 e. The van der Waals surface area contributed by atoms with E-state index in [1.165, 1.54) is 0 Å². The summed E-state index contributed by atoms with van der Waals surface area (Å²) in [6.45, 7) is 7.83. The van der Waals surface area contributed by atoms with Crippen molar-refractivity contribution >= 4 is 0 Å². The maximum absolute atomic E-state index is 12.0. The Balaban J connectivity index is 1.65. The average Bonchev–Trinajstić information content (AvgIpc) is 3.31. The zero-order chi connectivity index (χ0) is 20.9. The lowest BCUT2D eigenvalue weighted by Gasteiger charge is -2.49. The first-order valence-corrected chi connectivity index (χ1v) is 10.5. The number of aliphatic hydroxyl groups is 5. The van der Waals surface area contributed by atoms with Crippen LogP contribution in [0.2, 0.25) is 0 Å². The quantitative estimate of drug-likeness (QED) is 0.339. The first-order valence-electron chi connectivity index (χ1n) is 10.5. The standard InChI is InChI=1S/C20H30O9/c1-7-12(22)26-10-6-17-9-5-8(16(2,3)4)18(17)11(21)13(23)28-15(18)29-20(17,14(24)27-9)19(7,10)25/h7-15,21-25H,5-6H2,1-4H3/t7-,8?,9?,10?,11+,12?,13+,14?,15+,17?,18?,19-,20-/m1/s1. The molecule has 2 spiro atoms. The van der Waals surface area contributed by atoms with Crippen molar-refractivity contribution in [3.8, 4) is 0 Å². The van der Waals surface area contributed by atoms with Crippen molar-refractivity contribution in [2.24, 2.45) is 28.1 Å². The van der Waals surface area contributed by atoms with E-state index in [9.17, 15) is 25.5 Å². The van der Waals surface area contributed by atoms with Crippen LogP contribution in [-0.2, 0) is 18.9 Å². The number of aliphatic hydroxyl groups excluding tert-OH is 4. The molecule has 29 heavy (non-hydrogen) atoms. The number of rotatable bonds is 0. The summed E-state index contributed by atoms with van der Waals surface area (Å²) in [5.41, 5.74) is -5.81. The normalized spacial score (nSPS) is 67.6. The maximum atomic E-state index is 12.0. The van der Waals surface area contributed by atoms with E-state index >= 15 is 0 Å². The number of fused-ring (bicyclic) bond motifs is 1. The molecule has 6 rings (SSSR count). The van der Waals surface area contributed by atoms with Gasteiger partial charge in [-0.25, -0.2) is 0 Å². The van der Waals surface area contributed by atoms with E-state index in [1.807, 2.05) is 0 Å². The molecular formula is C20H30O9. The summed E-state index contributed by atoms with van der Waals surface area (Å²) >= 11 is 0. The van der Waals surface area contributed by atoms with Crippen LogP contribution in [0.25, 0.3) is 0 Å². The zero-order valence-corrected chi connectivity index (χ0v) is 17.0. The highest BCUT2D eigenvalue weighted by Gasteiger charge is 2.99. The molecule has 0 radical (unpaired) electrons. The Morgan fingerprint density at radius 2 is 1.62 bits per heavy atom. The minimum Gasteiger partial charge on any atom is -0.387 e. The van der Waals surface area contributed by atoms with E-state index in [1.54, 1.807) is 6.92 Å². The fraction of sp³-hybridized carbons (Fsp3) is 1.00. The molecule has 2 aliphatic carbocycles. The van der Waals surface area contributed by atoms with Crippen LogP contribution in [-0.4, -0.2) is 80.2 Å². The lowest BCUT2D eigenvalue weighted by molar-refractivity contribution is -0.310. The van der Waals surface area contributed by atoms with Crippen LogP contribution in [0.5, 0.6) is 0 Å². The van der Waals surface area contributed by atoms with Crippen LogP contribution in [0.4, 0.5) is 0 Å². The predicted molar refractivity (Wildman–Crippen MR) is 93.6 cm³/mol. The monoisotopic (exact) mass is 414 g/mol. The van der Waals surface area contributed by atoms with Gasteiger partial charge in [-0.15, -0.1) is 0 Å². The van der Waals surface area contributed by atoms with Gasteiger partial charge in [0.15, 0.2) is 30.8 Å². The highest BCUT2D eigenvalue weighted by atomic mass is 16.8. The van der Waals surface area contributed by atoms with Gasteiger partial charge in [-0.05, 0) is 24.2 Å². The van der Waals surface area contributed by atoms with Gasteiger partial charge >= 0.3 is 0 Å². The third kappa shape index (κ3) is 1.54. The van der Waals surface area contributed by atoms with Gasteiger partial charge in [0.1, 0.15) is 11.7 Å². The first-order chi connectivity index (χ1) is 13.4.